The minimum Gasteiger partial charge on any atom is -0.468 e. The molecule has 1 N–H and O–H groups in total. The lowest BCUT2D eigenvalue weighted by Crippen LogP contribution is -2.41. The summed E-state index contributed by atoms with van der Waals surface area (Å²) in [5, 5.41) is 2.71. The van der Waals surface area contributed by atoms with Crippen molar-refractivity contribution in [2.24, 2.45) is 0 Å². The normalized spacial score (nSPS) is 11.2. The van der Waals surface area contributed by atoms with Crippen molar-refractivity contribution in [2.45, 2.75) is 12.7 Å². The van der Waals surface area contributed by atoms with Crippen molar-refractivity contribution in [3.63, 3.8) is 0 Å². The van der Waals surface area contributed by atoms with Crippen LogP contribution in [0, 0.1) is 0 Å². The molecule has 1 heterocycles. The van der Waals surface area contributed by atoms with E-state index < -0.39 is 15.9 Å². The first kappa shape index (κ1) is 21.0. The Balaban J connectivity index is 1.91. The number of ketones is 1. The van der Waals surface area contributed by atoms with Crippen LogP contribution in [-0.4, -0.2) is 45.2 Å². The number of nitrogens with zero attached hydrogens (tertiary/aromatic N) is 1. The molecular weight excluding hydrogens is 388 g/mol. The summed E-state index contributed by atoms with van der Waals surface area (Å²) in [5.41, 5.74) is 0.670. The second-order valence-electron chi connectivity index (χ2n) is 5.86. The number of thioether (sulfide) groups is 1. The molecule has 0 spiro atoms. The molecule has 2 rings (SSSR count). The van der Waals surface area contributed by atoms with E-state index in [0.29, 0.717) is 23.6 Å². The third-order valence-electron chi connectivity index (χ3n) is 3.62. The van der Waals surface area contributed by atoms with Gasteiger partial charge in [0.2, 0.25) is 15.9 Å². The molecule has 2 aromatic rings. The van der Waals surface area contributed by atoms with Crippen molar-refractivity contribution in [3.8, 4) is 0 Å². The molecule has 0 bridgehead atoms. The number of amides is 1. The third kappa shape index (κ3) is 6.76. The van der Waals surface area contributed by atoms with Gasteiger partial charge in [0.15, 0.2) is 5.78 Å². The van der Waals surface area contributed by atoms with E-state index in [1.807, 2.05) is 12.1 Å². The second-order valence-corrected chi connectivity index (χ2v) is 8.87. The van der Waals surface area contributed by atoms with Crippen LogP contribution in [0.25, 0.3) is 0 Å². The molecule has 1 aromatic heterocycles. The van der Waals surface area contributed by atoms with E-state index in [-0.39, 0.29) is 18.0 Å². The number of sulfonamides is 1. The topological polar surface area (TPSA) is 96.7 Å². The Bertz CT molecular complexity index is 879. The maximum atomic E-state index is 12.2. The Morgan fingerprint density at radius 1 is 1.22 bits per heavy atom. The summed E-state index contributed by atoms with van der Waals surface area (Å²) in [6.45, 7) is 1.47. The van der Waals surface area contributed by atoms with Crippen LogP contribution in [0.3, 0.4) is 0 Å². The highest BCUT2D eigenvalue weighted by Gasteiger charge is 2.21. The Labute approximate surface area is 163 Å². The van der Waals surface area contributed by atoms with Crippen molar-refractivity contribution in [3.05, 3.63) is 54.0 Å². The molecule has 0 aliphatic rings. The van der Waals surface area contributed by atoms with Crippen LogP contribution in [0.2, 0.25) is 0 Å². The van der Waals surface area contributed by atoms with E-state index in [1.165, 1.54) is 13.0 Å². The fourth-order valence-corrected chi connectivity index (χ4v) is 3.90. The number of rotatable bonds is 10. The van der Waals surface area contributed by atoms with Gasteiger partial charge in [0, 0.05) is 17.9 Å². The van der Waals surface area contributed by atoms with E-state index in [1.54, 1.807) is 36.2 Å². The Kier molecular flexibility index (Phi) is 7.49. The van der Waals surface area contributed by atoms with Crippen LogP contribution >= 0.6 is 11.8 Å². The van der Waals surface area contributed by atoms with Crippen LogP contribution in [0.4, 0.5) is 5.69 Å². The highest BCUT2D eigenvalue weighted by molar-refractivity contribution is 7.98. The van der Waals surface area contributed by atoms with Crippen LogP contribution < -0.4 is 9.62 Å². The molecular formula is C18H22N2O5S2. The van der Waals surface area contributed by atoms with Gasteiger partial charge in [-0.2, -0.15) is 11.8 Å². The molecule has 27 heavy (non-hydrogen) atoms. The molecule has 0 radical (unpaired) electrons. The SMILES string of the molecule is CC(=O)c1cccc(N(CC(=O)NCCSCc2ccco2)S(C)(=O)=O)c1. The van der Waals surface area contributed by atoms with Gasteiger partial charge >= 0.3 is 0 Å². The number of benzene rings is 1. The molecule has 146 valence electrons. The molecule has 0 aliphatic heterocycles. The van der Waals surface area contributed by atoms with E-state index in [9.17, 15) is 18.0 Å². The average Bonchev–Trinajstić information content (AvgIpc) is 3.12. The fraction of sp³-hybridized carbons (Fsp3) is 0.333. The minimum atomic E-state index is -3.68. The molecule has 0 atom stereocenters. The summed E-state index contributed by atoms with van der Waals surface area (Å²) in [6.07, 6.45) is 2.64. The van der Waals surface area contributed by atoms with Gasteiger partial charge in [0.1, 0.15) is 12.3 Å². The van der Waals surface area contributed by atoms with Crippen molar-refractivity contribution in [2.75, 3.05) is 29.4 Å². The highest BCUT2D eigenvalue weighted by Crippen LogP contribution is 2.19. The summed E-state index contributed by atoms with van der Waals surface area (Å²) < 4.78 is 30.4. The summed E-state index contributed by atoms with van der Waals surface area (Å²) in [6, 6.07) is 9.91. The number of hydrogen-bond donors (Lipinski definition) is 1. The van der Waals surface area contributed by atoms with Crippen molar-refractivity contribution in [1.82, 2.24) is 5.32 Å². The Morgan fingerprint density at radius 3 is 2.63 bits per heavy atom. The number of carbonyl (C=O) groups is 2. The molecule has 0 saturated heterocycles. The zero-order valence-corrected chi connectivity index (χ0v) is 16.8. The monoisotopic (exact) mass is 410 g/mol. The van der Waals surface area contributed by atoms with Gasteiger partial charge in [-0.05, 0) is 31.2 Å². The van der Waals surface area contributed by atoms with Gasteiger partial charge < -0.3 is 9.73 Å². The van der Waals surface area contributed by atoms with Gasteiger partial charge in [0.25, 0.3) is 0 Å². The molecule has 1 aromatic carbocycles. The predicted octanol–water partition coefficient (Wildman–Crippen LogP) is 2.30. The van der Waals surface area contributed by atoms with Crippen LogP contribution in [-0.2, 0) is 20.6 Å². The van der Waals surface area contributed by atoms with Gasteiger partial charge in [0.05, 0.1) is 24.0 Å². The Hall–Kier alpha value is -2.26. The largest absolute Gasteiger partial charge is 0.468 e. The number of Topliss-reactive ketones (excluding diaryl/α,β-unsaturated/α-hetero) is 1. The lowest BCUT2D eigenvalue weighted by molar-refractivity contribution is -0.119. The standard InChI is InChI=1S/C18H22N2O5S2/c1-14(21)15-5-3-6-16(11-15)20(27(2,23)24)12-18(22)19-8-10-26-13-17-7-4-9-25-17/h3-7,9,11H,8,10,12-13H2,1-2H3,(H,19,22). The molecule has 7 nitrogen and oxygen atoms in total. The summed E-state index contributed by atoms with van der Waals surface area (Å²) in [4.78, 5) is 23.7. The van der Waals surface area contributed by atoms with Crippen LogP contribution in [0.5, 0.6) is 0 Å². The van der Waals surface area contributed by atoms with Gasteiger partial charge in [-0.3, -0.25) is 13.9 Å². The zero-order valence-electron chi connectivity index (χ0n) is 15.2. The summed E-state index contributed by atoms with van der Waals surface area (Å²) in [7, 11) is -3.68. The quantitative estimate of drug-likeness (QED) is 0.477. The molecule has 0 saturated carbocycles. The van der Waals surface area contributed by atoms with E-state index in [4.69, 9.17) is 4.42 Å². The summed E-state index contributed by atoms with van der Waals surface area (Å²) in [5.74, 6) is 1.65. The van der Waals surface area contributed by atoms with Gasteiger partial charge in [-0.25, -0.2) is 8.42 Å². The molecule has 0 unspecified atom stereocenters. The molecule has 9 heteroatoms. The first-order valence-electron chi connectivity index (χ1n) is 8.23. The minimum absolute atomic E-state index is 0.177. The van der Waals surface area contributed by atoms with Gasteiger partial charge in [-0.15, -0.1) is 0 Å². The average molecular weight is 411 g/mol. The molecule has 0 aliphatic carbocycles. The molecule has 0 fully saturated rings. The number of hydrogen-bond acceptors (Lipinski definition) is 6. The van der Waals surface area contributed by atoms with Gasteiger partial charge in [-0.1, -0.05) is 12.1 Å². The second kappa shape index (κ2) is 9.61. The van der Waals surface area contributed by atoms with Crippen LogP contribution in [0.1, 0.15) is 23.0 Å². The maximum absolute atomic E-state index is 12.2. The lowest BCUT2D eigenvalue weighted by atomic mass is 10.1. The van der Waals surface area contributed by atoms with Crippen molar-refractivity contribution >= 4 is 39.2 Å². The number of nitrogens with one attached hydrogen (secondary N) is 1. The third-order valence-corrected chi connectivity index (χ3v) is 5.74. The number of anilines is 1. The fourth-order valence-electron chi connectivity index (χ4n) is 2.30. The number of carbonyl (C=O) groups excluding carboxylic acids is 2. The van der Waals surface area contributed by atoms with E-state index in [0.717, 1.165) is 16.3 Å². The van der Waals surface area contributed by atoms with Crippen molar-refractivity contribution < 1.29 is 22.4 Å². The molecule has 1 amide bonds. The highest BCUT2D eigenvalue weighted by atomic mass is 32.2. The van der Waals surface area contributed by atoms with E-state index >= 15 is 0 Å². The number of furan rings is 1. The lowest BCUT2D eigenvalue weighted by Gasteiger charge is -2.22. The maximum Gasteiger partial charge on any atom is 0.240 e. The van der Waals surface area contributed by atoms with Crippen molar-refractivity contribution in [1.29, 1.82) is 0 Å². The smallest absolute Gasteiger partial charge is 0.240 e. The predicted molar refractivity (Wildman–Crippen MR) is 107 cm³/mol. The Morgan fingerprint density at radius 2 is 2.00 bits per heavy atom. The summed E-state index contributed by atoms with van der Waals surface area (Å²) >= 11 is 1.60. The van der Waals surface area contributed by atoms with E-state index in [2.05, 4.69) is 5.32 Å². The first-order chi connectivity index (χ1) is 12.8. The zero-order chi connectivity index (χ0) is 19.9. The van der Waals surface area contributed by atoms with Crippen LogP contribution in [0.15, 0.2) is 47.1 Å². The first-order valence-corrected chi connectivity index (χ1v) is 11.2.